The minimum atomic E-state index is -0.500. The molecule has 0 saturated carbocycles. The summed E-state index contributed by atoms with van der Waals surface area (Å²) in [6.45, 7) is 2.86. The summed E-state index contributed by atoms with van der Waals surface area (Å²) in [5.41, 5.74) is 0. The van der Waals surface area contributed by atoms with Gasteiger partial charge in [-0.2, -0.15) is 0 Å². The monoisotopic (exact) mass is 192 g/mol. The molecule has 0 aromatic carbocycles. The van der Waals surface area contributed by atoms with Crippen LogP contribution in [0.5, 0.6) is 0 Å². The molecular weight excluding hydrogens is 184 g/mol. The summed E-state index contributed by atoms with van der Waals surface area (Å²) in [7, 11) is 0. The molecule has 6 heteroatoms. The van der Waals surface area contributed by atoms with Crippen LogP contribution in [0.25, 0.3) is 0 Å². The molecule has 4 nitrogen and oxygen atoms in total. The molecule has 0 atom stereocenters. The van der Waals surface area contributed by atoms with Crippen LogP contribution in [0.15, 0.2) is 0 Å². The second kappa shape index (κ2) is 32.4. The maximum atomic E-state index is 8.25. The van der Waals surface area contributed by atoms with Gasteiger partial charge in [-0.15, -0.1) is 11.6 Å². The van der Waals surface area contributed by atoms with Crippen molar-refractivity contribution >= 4 is 47.6 Å². The maximum absolute atomic E-state index is 8.25. The fraction of sp³-hybridized carbons (Fsp3) is 0.600. The van der Waals surface area contributed by atoms with Crippen molar-refractivity contribution in [2.24, 2.45) is 0 Å². The van der Waals surface area contributed by atoms with E-state index >= 15 is 0 Å². The minimum Gasteiger partial charge on any atom is -0.554 e. The van der Waals surface area contributed by atoms with E-state index in [0.717, 1.165) is 0 Å². The third-order valence-electron chi connectivity index (χ3n) is 0. The largest absolute Gasteiger partial charge is 2.00 e. The number of hydrogen-bond donors (Lipinski definition) is 0. The van der Waals surface area contributed by atoms with Gasteiger partial charge in [-0.1, -0.05) is 0 Å². The van der Waals surface area contributed by atoms with Crippen molar-refractivity contribution < 1.29 is 19.8 Å². The third kappa shape index (κ3) is 45100000. The van der Waals surface area contributed by atoms with E-state index < -0.39 is 12.9 Å². The normalized spacial score (nSPS) is 5.45. The van der Waals surface area contributed by atoms with E-state index in [2.05, 4.69) is 0 Å². The van der Waals surface area contributed by atoms with Crippen molar-refractivity contribution in [3.05, 3.63) is 0 Å². The topological polar surface area (TPSA) is 80.3 Å². The van der Waals surface area contributed by atoms with Gasteiger partial charge in [0.25, 0.3) is 0 Å². The Morgan fingerprint density at radius 3 is 1.18 bits per heavy atom. The van der Waals surface area contributed by atoms with Crippen molar-refractivity contribution in [3.63, 3.8) is 0 Å². The smallest absolute Gasteiger partial charge is 0.554 e. The van der Waals surface area contributed by atoms with Crippen LogP contribution < -0.4 is 10.2 Å². The summed E-state index contributed by atoms with van der Waals surface area (Å²) in [5, 5.41) is 16.8. The van der Waals surface area contributed by atoms with Gasteiger partial charge >= 0.3 is 23.1 Å². The summed E-state index contributed by atoms with van der Waals surface area (Å²) in [6.07, 6.45) is 0. The predicted octanol–water partition coefficient (Wildman–Crippen LogP) is -2.01. The Morgan fingerprint density at radius 1 is 1.18 bits per heavy atom. The maximum Gasteiger partial charge on any atom is 2.00 e. The van der Waals surface area contributed by atoms with E-state index in [1.54, 1.807) is 0 Å². The number of carboxylic acid groups (broad SMARTS) is 2. The van der Waals surface area contributed by atoms with Crippen molar-refractivity contribution in [1.29, 1.82) is 0 Å². The molecular formula is C5H9ClMgO4. The van der Waals surface area contributed by atoms with Crippen molar-refractivity contribution in [1.82, 2.24) is 0 Å². The van der Waals surface area contributed by atoms with Crippen LogP contribution in [0, 0.1) is 0 Å². The predicted molar refractivity (Wildman–Crippen MR) is 38.9 cm³/mol. The number of carbonyl (C=O) groups excluding carboxylic acids is 2. The molecule has 0 heterocycles. The number of hydrogen-bond acceptors (Lipinski definition) is 4. The molecule has 11 heavy (non-hydrogen) atoms. The van der Waals surface area contributed by atoms with E-state index in [1.165, 1.54) is 0 Å². The number of alkyl halides is 1. The molecule has 0 N–H and O–H groups in total. The molecule has 0 aromatic heterocycles. The number of rotatable bonds is 0. The van der Waals surface area contributed by atoms with Crippen LogP contribution in [0.1, 0.15) is 13.8 Å². The van der Waals surface area contributed by atoms with E-state index in [0.29, 0.717) is 5.38 Å². The second-order valence-electron chi connectivity index (χ2n) is 1.21. The Hall–Kier alpha value is -0.00377. The van der Waals surface area contributed by atoms with Crippen LogP contribution in [-0.2, 0) is 9.59 Å². The standard InChI is InChI=1S/C3H7Cl.2CH2O2.Mg/c1-3(2)4;2*2-1-3;/h3H,1-2H3;2*1H,(H,2,3);/q;;;+2/p-2. The average Bonchev–Trinajstić information content (AvgIpc) is 1.65. The quantitative estimate of drug-likeness (QED) is 0.252. The van der Waals surface area contributed by atoms with Crippen molar-refractivity contribution in [2.45, 2.75) is 19.2 Å². The van der Waals surface area contributed by atoms with Gasteiger partial charge in [-0.3, -0.25) is 0 Å². The van der Waals surface area contributed by atoms with Crippen LogP contribution in [0.4, 0.5) is 0 Å². The van der Waals surface area contributed by atoms with E-state index in [-0.39, 0.29) is 23.1 Å². The fourth-order valence-electron chi connectivity index (χ4n) is 0. The summed E-state index contributed by atoms with van der Waals surface area (Å²) in [4.78, 5) is 16.5. The summed E-state index contributed by atoms with van der Waals surface area (Å²) >= 11 is 5.27. The van der Waals surface area contributed by atoms with Crippen LogP contribution in [0.2, 0.25) is 0 Å². The molecule has 0 spiro atoms. The Labute approximate surface area is 86.7 Å². The van der Waals surface area contributed by atoms with E-state index in [9.17, 15) is 0 Å². The molecule has 0 aliphatic rings. The summed E-state index contributed by atoms with van der Waals surface area (Å²) in [6, 6.07) is 0. The third-order valence-corrected chi connectivity index (χ3v) is 0. The molecule has 0 aliphatic heterocycles. The molecule has 0 radical (unpaired) electrons. The zero-order chi connectivity index (χ0) is 8.99. The first-order chi connectivity index (χ1) is 4.56. The van der Waals surface area contributed by atoms with E-state index in [1.807, 2.05) is 13.8 Å². The molecule has 0 saturated heterocycles. The first kappa shape index (κ1) is 22.4. The van der Waals surface area contributed by atoms with Gasteiger partial charge in [0.05, 0.1) is 0 Å². The van der Waals surface area contributed by atoms with Crippen molar-refractivity contribution in [2.75, 3.05) is 0 Å². The van der Waals surface area contributed by atoms with Gasteiger partial charge in [0.2, 0.25) is 0 Å². The molecule has 0 fully saturated rings. The molecule has 0 aliphatic carbocycles. The molecule has 0 aromatic rings. The van der Waals surface area contributed by atoms with Crippen LogP contribution in [0.3, 0.4) is 0 Å². The van der Waals surface area contributed by atoms with Crippen molar-refractivity contribution in [3.8, 4) is 0 Å². The molecule has 0 unspecified atom stereocenters. The molecule has 0 bridgehead atoms. The molecule has 0 amide bonds. The average molecular weight is 193 g/mol. The van der Waals surface area contributed by atoms with Crippen LogP contribution >= 0.6 is 11.6 Å². The van der Waals surface area contributed by atoms with Gasteiger partial charge in [-0.05, 0) is 13.8 Å². The second-order valence-corrected chi connectivity index (χ2v) is 2.08. The zero-order valence-corrected chi connectivity index (χ0v) is 8.62. The minimum absolute atomic E-state index is 0. The zero-order valence-electron chi connectivity index (χ0n) is 6.45. The Kier molecular flexibility index (Phi) is 66.1. The Balaban J connectivity index is -0.0000000325. The van der Waals surface area contributed by atoms with Gasteiger partial charge in [0.1, 0.15) is 0 Å². The number of halogens is 1. The number of carbonyl (C=O) groups is 2. The summed E-state index contributed by atoms with van der Waals surface area (Å²) in [5.74, 6) is 0. The van der Waals surface area contributed by atoms with E-state index in [4.69, 9.17) is 31.4 Å². The Bertz CT molecular complexity index is 60.7. The van der Waals surface area contributed by atoms with Gasteiger partial charge in [0.15, 0.2) is 0 Å². The SMILES string of the molecule is CC(C)Cl.O=C[O-].O=C[O-].[Mg+2]. The van der Waals surface area contributed by atoms with Gasteiger partial charge in [-0.25, -0.2) is 0 Å². The first-order valence-corrected chi connectivity index (χ1v) is 2.75. The van der Waals surface area contributed by atoms with Gasteiger partial charge in [0, 0.05) is 18.3 Å². The fourth-order valence-corrected chi connectivity index (χ4v) is 0. The first-order valence-electron chi connectivity index (χ1n) is 2.32. The van der Waals surface area contributed by atoms with Gasteiger partial charge < -0.3 is 19.8 Å². The van der Waals surface area contributed by atoms with Crippen LogP contribution in [-0.4, -0.2) is 41.4 Å². The molecule has 62 valence electrons. The summed E-state index contributed by atoms with van der Waals surface area (Å²) < 4.78 is 0. The Morgan fingerprint density at radius 2 is 1.18 bits per heavy atom. The molecule has 0 rings (SSSR count).